The second-order valence-corrected chi connectivity index (χ2v) is 8.42. The van der Waals surface area contributed by atoms with Crippen molar-refractivity contribution >= 4 is 27.4 Å². The third-order valence-corrected chi connectivity index (χ3v) is 6.11. The Morgan fingerprint density at radius 1 is 1.16 bits per heavy atom. The van der Waals surface area contributed by atoms with Crippen molar-refractivity contribution < 1.29 is 13.2 Å². The van der Waals surface area contributed by atoms with Crippen molar-refractivity contribution in [3.05, 3.63) is 63.7 Å². The number of benzene rings is 1. The number of sulfonamides is 1. The fourth-order valence-corrected chi connectivity index (χ4v) is 4.44. The Morgan fingerprint density at radius 3 is 2.60 bits per heavy atom. The van der Waals surface area contributed by atoms with Gasteiger partial charge in [-0.3, -0.25) is 4.90 Å². The molecular weight excluding hydrogens is 356 g/mol. The van der Waals surface area contributed by atoms with Gasteiger partial charge in [0.25, 0.3) is 0 Å². The first kappa shape index (κ1) is 18.3. The largest absolute Gasteiger partial charge is 0.379 e. The molecule has 134 valence electrons. The number of nitrogens with zero attached hydrogens (tertiary/aromatic N) is 1. The van der Waals surface area contributed by atoms with Crippen LogP contribution in [0.2, 0.25) is 0 Å². The molecule has 0 amide bonds. The van der Waals surface area contributed by atoms with Crippen LogP contribution in [-0.4, -0.2) is 46.2 Å². The minimum absolute atomic E-state index is 0.0313. The number of ether oxygens (including phenoxy) is 1. The van der Waals surface area contributed by atoms with E-state index in [-0.39, 0.29) is 6.04 Å². The van der Waals surface area contributed by atoms with Crippen LogP contribution >= 0.6 is 11.3 Å². The second kappa shape index (κ2) is 8.73. The number of morpholine rings is 1. The highest BCUT2D eigenvalue weighted by molar-refractivity contribution is 7.92. The van der Waals surface area contributed by atoms with E-state index < -0.39 is 10.0 Å². The summed E-state index contributed by atoms with van der Waals surface area (Å²) in [6.07, 6.45) is 1.61. The lowest BCUT2D eigenvalue weighted by Crippen LogP contribution is -2.43. The highest BCUT2D eigenvalue weighted by atomic mass is 32.2. The fourth-order valence-electron chi connectivity index (χ4n) is 2.76. The van der Waals surface area contributed by atoms with Gasteiger partial charge in [-0.1, -0.05) is 36.4 Å². The highest BCUT2D eigenvalue weighted by Gasteiger charge is 2.24. The highest BCUT2D eigenvalue weighted by Crippen LogP contribution is 2.25. The van der Waals surface area contributed by atoms with Crippen LogP contribution in [0.1, 0.15) is 16.5 Å². The number of hydrogen-bond acceptors (Lipinski definition) is 5. The van der Waals surface area contributed by atoms with Crippen molar-refractivity contribution in [3.63, 3.8) is 0 Å². The molecule has 0 aliphatic carbocycles. The van der Waals surface area contributed by atoms with Crippen molar-refractivity contribution in [3.8, 4) is 0 Å². The average molecular weight is 379 g/mol. The summed E-state index contributed by atoms with van der Waals surface area (Å²) < 4.78 is 32.8. The van der Waals surface area contributed by atoms with Crippen LogP contribution in [0.15, 0.2) is 53.3 Å². The zero-order valence-electron chi connectivity index (χ0n) is 13.9. The van der Waals surface area contributed by atoms with Crippen LogP contribution in [0.25, 0.3) is 6.08 Å². The smallest absolute Gasteiger partial charge is 0.233 e. The molecule has 1 aliphatic heterocycles. The minimum atomic E-state index is -3.49. The average Bonchev–Trinajstić information content (AvgIpc) is 3.16. The summed E-state index contributed by atoms with van der Waals surface area (Å²) in [4.78, 5) is 3.44. The number of nitrogens with one attached hydrogen (secondary N) is 1. The van der Waals surface area contributed by atoms with Gasteiger partial charge < -0.3 is 4.74 Å². The molecule has 2 heterocycles. The summed E-state index contributed by atoms with van der Waals surface area (Å²) in [6.45, 7) is 3.33. The first-order valence-corrected chi connectivity index (χ1v) is 10.6. The SMILES string of the molecule is O=S(=O)(/C=C/c1ccccc1)NCC(c1cccs1)N1CCOCC1. The van der Waals surface area contributed by atoms with Gasteiger partial charge in [0.2, 0.25) is 10.0 Å². The van der Waals surface area contributed by atoms with Crippen molar-refractivity contribution in [2.24, 2.45) is 0 Å². The van der Waals surface area contributed by atoms with Gasteiger partial charge in [0.05, 0.1) is 19.3 Å². The van der Waals surface area contributed by atoms with E-state index in [0.717, 1.165) is 23.5 Å². The predicted molar refractivity (Wildman–Crippen MR) is 102 cm³/mol. The van der Waals surface area contributed by atoms with Gasteiger partial charge >= 0.3 is 0 Å². The lowest BCUT2D eigenvalue weighted by atomic mass is 10.2. The molecule has 1 unspecified atom stereocenters. The number of thiophene rings is 1. The molecule has 0 radical (unpaired) electrons. The van der Waals surface area contributed by atoms with Gasteiger partial charge in [-0.05, 0) is 23.1 Å². The third kappa shape index (κ3) is 5.49. The second-order valence-electron chi connectivity index (χ2n) is 5.79. The van der Waals surface area contributed by atoms with E-state index in [9.17, 15) is 8.42 Å². The molecule has 5 nitrogen and oxygen atoms in total. The summed E-state index contributed by atoms with van der Waals surface area (Å²) >= 11 is 1.65. The molecule has 1 saturated heterocycles. The predicted octanol–water partition coefficient (Wildman–Crippen LogP) is 2.71. The maximum atomic E-state index is 12.3. The van der Waals surface area contributed by atoms with Crippen molar-refractivity contribution in [2.45, 2.75) is 6.04 Å². The van der Waals surface area contributed by atoms with Crippen LogP contribution < -0.4 is 4.72 Å². The van der Waals surface area contributed by atoms with Crippen molar-refractivity contribution in [2.75, 3.05) is 32.8 Å². The molecule has 1 aromatic carbocycles. The Labute approximate surface area is 153 Å². The van der Waals surface area contributed by atoms with E-state index >= 15 is 0 Å². The molecule has 1 aromatic heterocycles. The Hall–Kier alpha value is -1.51. The van der Waals surface area contributed by atoms with E-state index in [1.165, 1.54) is 5.41 Å². The summed E-state index contributed by atoms with van der Waals surface area (Å²) in [5.41, 5.74) is 0.857. The van der Waals surface area contributed by atoms with Crippen LogP contribution in [0.4, 0.5) is 0 Å². The first-order chi connectivity index (χ1) is 12.1. The van der Waals surface area contributed by atoms with Crippen molar-refractivity contribution in [1.82, 2.24) is 9.62 Å². The van der Waals surface area contributed by atoms with Gasteiger partial charge in [-0.25, -0.2) is 13.1 Å². The zero-order chi connectivity index (χ0) is 17.5. The molecular formula is C18H22N2O3S2. The van der Waals surface area contributed by atoms with Crippen LogP contribution in [0.5, 0.6) is 0 Å². The standard InChI is InChI=1S/C18H22N2O3S2/c21-25(22,14-8-16-5-2-1-3-6-16)19-15-17(18-7-4-13-24-18)20-9-11-23-12-10-20/h1-8,13-14,17,19H,9-12,15H2/b14-8+. The Bertz CT molecular complexity index is 768. The summed E-state index contributed by atoms with van der Waals surface area (Å²) in [6, 6.07) is 13.5. The molecule has 2 aromatic rings. The monoisotopic (exact) mass is 378 g/mol. The van der Waals surface area contributed by atoms with Gasteiger partial charge in [0, 0.05) is 29.9 Å². The zero-order valence-corrected chi connectivity index (χ0v) is 15.5. The lowest BCUT2D eigenvalue weighted by Gasteiger charge is -2.33. The number of hydrogen-bond donors (Lipinski definition) is 1. The number of rotatable bonds is 7. The van der Waals surface area contributed by atoms with Crippen LogP contribution in [-0.2, 0) is 14.8 Å². The molecule has 0 bridgehead atoms. The molecule has 1 aliphatic rings. The molecule has 7 heteroatoms. The molecule has 0 spiro atoms. The lowest BCUT2D eigenvalue weighted by molar-refractivity contribution is 0.0179. The quantitative estimate of drug-likeness (QED) is 0.805. The van der Waals surface area contributed by atoms with Crippen molar-refractivity contribution in [1.29, 1.82) is 0 Å². The van der Waals surface area contributed by atoms with Crippen LogP contribution in [0, 0.1) is 0 Å². The Balaban J connectivity index is 1.66. The molecule has 1 fully saturated rings. The fraction of sp³-hybridized carbons (Fsp3) is 0.333. The topological polar surface area (TPSA) is 58.6 Å². The van der Waals surface area contributed by atoms with Gasteiger partial charge in [0.1, 0.15) is 0 Å². The molecule has 0 saturated carbocycles. The Morgan fingerprint density at radius 2 is 1.92 bits per heavy atom. The summed E-state index contributed by atoms with van der Waals surface area (Å²) in [7, 11) is -3.49. The van der Waals surface area contributed by atoms with E-state index in [2.05, 4.69) is 15.7 Å². The van der Waals surface area contributed by atoms with E-state index in [1.807, 2.05) is 41.8 Å². The molecule has 3 rings (SSSR count). The van der Waals surface area contributed by atoms with Gasteiger partial charge in [0.15, 0.2) is 0 Å². The maximum Gasteiger partial charge on any atom is 0.233 e. The molecule has 1 atom stereocenters. The Kier molecular flexibility index (Phi) is 6.39. The summed E-state index contributed by atoms with van der Waals surface area (Å²) in [5, 5.41) is 3.25. The van der Waals surface area contributed by atoms with Gasteiger partial charge in [-0.2, -0.15) is 0 Å². The van der Waals surface area contributed by atoms with Gasteiger partial charge in [-0.15, -0.1) is 11.3 Å². The van der Waals surface area contributed by atoms with E-state index in [0.29, 0.717) is 19.8 Å². The van der Waals surface area contributed by atoms with E-state index in [1.54, 1.807) is 17.4 Å². The summed E-state index contributed by atoms with van der Waals surface area (Å²) in [5.74, 6) is 0. The first-order valence-electron chi connectivity index (χ1n) is 8.22. The molecule has 1 N–H and O–H groups in total. The molecule has 25 heavy (non-hydrogen) atoms. The third-order valence-electron chi connectivity index (χ3n) is 4.08. The van der Waals surface area contributed by atoms with Crippen LogP contribution in [0.3, 0.4) is 0 Å². The maximum absolute atomic E-state index is 12.3. The minimum Gasteiger partial charge on any atom is -0.379 e. The van der Waals surface area contributed by atoms with E-state index in [4.69, 9.17) is 4.74 Å². The normalized spacial score (nSPS) is 17.8.